The molecule has 0 fully saturated rings. The van der Waals surface area contributed by atoms with Gasteiger partial charge in [-0.3, -0.25) is 0 Å². The summed E-state index contributed by atoms with van der Waals surface area (Å²) < 4.78 is 0. The summed E-state index contributed by atoms with van der Waals surface area (Å²) in [6.07, 6.45) is 3.37. The minimum atomic E-state index is 0.622. The molecule has 1 radical (unpaired) electrons. The Labute approximate surface area is 70.0 Å². The lowest BCUT2D eigenvalue weighted by molar-refractivity contribution is 1.17. The molecule has 0 bridgehead atoms. The second kappa shape index (κ2) is 2.81. The lowest BCUT2D eigenvalue weighted by Crippen LogP contribution is -1.99. The molecule has 0 amide bonds. The molecule has 0 aromatic carbocycles. The summed E-state index contributed by atoms with van der Waals surface area (Å²) in [5.74, 6) is 0.830. The third-order valence-corrected chi connectivity index (χ3v) is 1.65. The molecule has 2 aromatic heterocycles. The van der Waals surface area contributed by atoms with Crippen molar-refractivity contribution in [2.45, 2.75) is 0 Å². The van der Waals surface area contributed by atoms with Crippen molar-refractivity contribution in [3.05, 3.63) is 25.5 Å². The van der Waals surface area contributed by atoms with Gasteiger partial charge in [-0.25, -0.2) is 9.97 Å². The van der Waals surface area contributed by atoms with Gasteiger partial charge >= 0.3 is 0 Å². The average Bonchev–Trinajstić information content (AvgIpc) is 2.53. The number of nitrogens with one attached hydrogen (secondary N) is 2. The van der Waals surface area contributed by atoms with Crippen LogP contribution in [0.1, 0.15) is 0 Å². The minimum Gasteiger partial charge on any atom is -0.369 e. The quantitative estimate of drug-likeness (QED) is 0.696. The van der Waals surface area contributed by atoms with E-state index in [2.05, 4.69) is 27.2 Å². The molecule has 0 unspecified atom stereocenters. The number of hydrogen-bond acceptors (Lipinski definition) is 3. The Kier molecular flexibility index (Phi) is 1.66. The maximum Gasteiger partial charge on any atom is 0.142 e. The molecule has 61 valence electrons. The van der Waals surface area contributed by atoms with E-state index in [1.165, 1.54) is 6.33 Å². The molecule has 12 heavy (non-hydrogen) atoms. The van der Waals surface area contributed by atoms with Gasteiger partial charge in [-0.2, -0.15) is 0 Å². The van der Waals surface area contributed by atoms with Crippen molar-refractivity contribution in [3.8, 4) is 0 Å². The van der Waals surface area contributed by atoms with Crippen LogP contribution in [0.5, 0.6) is 0 Å². The summed E-state index contributed by atoms with van der Waals surface area (Å²) in [7, 11) is 0. The van der Waals surface area contributed by atoms with Crippen LogP contribution >= 0.6 is 0 Å². The van der Waals surface area contributed by atoms with Crippen molar-refractivity contribution >= 4 is 16.9 Å². The van der Waals surface area contributed by atoms with E-state index in [0.717, 1.165) is 16.9 Å². The van der Waals surface area contributed by atoms with Crippen molar-refractivity contribution in [1.82, 2.24) is 15.0 Å². The number of fused-ring (bicyclic) bond motifs is 1. The molecule has 4 nitrogen and oxygen atoms in total. The molecular formula is C8H9N4. The summed E-state index contributed by atoms with van der Waals surface area (Å²) in [5, 5.41) is 4.06. The van der Waals surface area contributed by atoms with Gasteiger partial charge < -0.3 is 10.3 Å². The molecule has 0 aliphatic carbocycles. The van der Waals surface area contributed by atoms with Gasteiger partial charge in [-0.15, -0.1) is 0 Å². The van der Waals surface area contributed by atoms with Crippen molar-refractivity contribution in [2.75, 3.05) is 11.9 Å². The van der Waals surface area contributed by atoms with Crippen LogP contribution in [0.2, 0.25) is 0 Å². The Hall–Kier alpha value is -1.58. The van der Waals surface area contributed by atoms with Gasteiger partial charge in [0.15, 0.2) is 0 Å². The van der Waals surface area contributed by atoms with Gasteiger partial charge in [0.1, 0.15) is 17.8 Å². The van der Waals surface area contributed by atoms with Gasteiger partial charge in [-0.05, 0) is 13.0 Å². The first-order valence-corrected chi connectivity index (χ1v) is 3.73. The zero-order valence-electron chi connectivity index (χ0n) is 6.54. The molecule has 2 aromatic rings. The Morgan fingerprint density at radius 2 is 2.42 bits per heavy atom. The fourth-order valence-electron chi connectivity index (χ4n) is 1.13. The second-order valence-corrected chi connectivity index (χ2v) is 2.39. The van der Waals surface area contributed by atoms with E-state index in [4.69, 9.17) is 0 Å². The number of nitrogens with zero attached hydrogens (tertiary/aromatic N) is 2. The minimum absolute atomic E-state index is 0.622. The monoisotopic (exact) mass is 161 g/mol. The highest BCUT2D eigenvalue weighted by molar-refractivity contribution is 5.86. The summed E-state index contributed by atoms with van der Waals surface area (Å²) in [6, 6.07) is 1.94. The molecule has 4 heteroatoms. The van der Waals surface area contributed by atoms with E-state index in [1.807, 2.05) is 12.3 Å². The van der Waals surface area contributed by atoms with E-state index in [-0.39, 0.29) is 0 Å². The van der Waals surface area contributed by atoms with Crippen LogP contribution in [-0.2, 0) is 0 Å². The SMILES string of the molecule is [CH2]CNc1ncnc2[nH]ccc12. The second-order valence-electron chi connectivity index (χ2n) is 2.39. The predicted octanol–water partition coefficient (Wildman–Crippen LogP) is 1.20. The highest BCUT2D eigenvalue weighted by Crippen LogP contribution is 2.16. The number of hydrogen-bond donors (Lipinski definition) is 2. The zero-order valence-corrected chi connectivity index (χ0v) is 6.54. The topological polar surface area (TPSA) is 53.6 Å². The van der Waals surface area contributed by atoms with Crippen molar-refractivity contribution in [1.29, 1.82) is 0 Å². The van der Waals surface area contributed by atoms with Gasteiger partial charge in [0, 0.05) is 12.7 Å². The van der Waals surface area contributed by atoms with E-state index < -0.39 is 0 Å². The van der Waals surface area contributed by atoms with Crippen LogP contribution < -0.4 is 5.32 Å². The smallest absolute Gasteiger partial charge is 0.142 e. The van der Waals surface area contributed by atoms with Crippen LogP contribution in [0, 0.1) is 6.92 Å². The molecule has 2 N–H and O–H groups in total. The van der Waals surface area contributed by atoms with Crippen LogP contribution in [0.3, 0.4) is 0 Å². The first-order chi connectivity index (χ1) is 5.92. The van der Waals surface area contributed by atoms with Crippen LogP contribution in [0.15, 0.2) is 18.6 Å². The summed E-state index contributed by atoms with van der Waals surface area (Å²) >= 11 is 0. The first-order valence-electron chi connectivity index (χ1n) is 3.73. The largest absolute Gasteiger partial charge is 0.369 e. The van der Waals surface area contributed by atoms with Gasteiger partial charge in [0.25, 0.3) is 0 Å². The lowest BCUT2D eigenvalue weighted by Gasteiger charge is -2.01. The number of H-pyrrole nitrogens is 1. The number of aromatic amines is 1. The molecule has 2 rings (SSSR count). The fraction of sp³-hybridized carbons (Fsp3) is 0.125. The van der Waals surface area contributed by atoms with Crippen LogP contribution in [0.4, 0.5) is 5.82 Å². The Morgan fingerprint density at radius 3 is 3.25 bits per heavy atom. The first kappa shape index (κ1) is 7.09. The van der Waals surface area contributed by atoms with E-state index >= 15 is 0 Å². The Balaban J connectivity index is 2.57. The Bertz CT molecular complexity index is 379. The van der Waals surface area contributed by atoms with Crippen molar-refractivity contribution < 1.29 is 0 Å². The highest BCUT2D eigenvalue weighted by Gasteiger charge is 2.01. The van der Waals surface area contributed by atoms with E-state index in [0.29, 0.717) is 6.54 Å². The van der Waals surface area contributed by atoms with Crippen molar-refractivity contribution in [2.24, 2.45) is 0 Å². The molecule has 0 saturated carbocycles. The van der Waals surface area contributed by atoms with Gasteiger partial charge in [0.2, 0.25) is 0 Å². The standard InChI is InChI=1S/C8H9N4/c1-2-9-7-6-3-4-10-8(6)12-5-11-7/h3-5H,1-2H2,(H2,9,10,11,12). The van der Waals surface area contributed by atoms with Gasteiger partial charge in [-0.1, -0.05) is 0 Å². The summed E-state index contributed by atoms with van der Waals surface area (Å²) in [6.45, 7) is 4.31. The zero-order chi connectivity index (χ0) is 8.39. The molecule has 0 atom stereocenters. The van der Waals surface area contributed by atoms with Gasteiger partial charge in [0.05, 0.1) is 5.39 Å². The van der Waals surface area contributed by atoms with Crippen LogP contribution in [-0.4, -0.2) is 21.5 Å². The summed E-state index contributed by atoms with van der Waals surface area (Å²) in [5.41, 5.74) is 0.848. The maximum absolute atomic E-state index is 4.09. The number of rotatable bonds is 2. The molecule has 0 spiro atoms. The normalized spacial score (nSPS) is 10.4. The number of aromatic nitrogens is 3. The average molecular weight is 161 g/mol. The fourth-order valence-corrected chi connectivity index (χ4v) is 1.13. The predicted molar refractivity (Wildman–Crippen MR) is 47.7 cm³/mol. The molecule has 0 aliphatic heterocycles. The molecule has 0 aliphatic rings. The third-order valence-electron chi connectivity index (χ3n) is 1.65. The lowest BCUT2D eigenvalue weighted by atomic mass is 10.4. The maximum atomic E-state index is 4.09. The molecule has 0 saturated heterocycles. The van der Waals surface area contributed by atoms with Crippen LogP contribution in [0.25, 0.3) is 11.0 Å². The van der Waals surface area contributed by atoms with E-state index in [9.17, 15) is 0 Å². The molecular weight excluding hydrogens is 152 g/mol. The summed E-state index contributed by atoms with van der Waals surface area (Å²) in [4.78, 5) is 11.2. The third kappa shape index (κ3) is 1.01. The number of anilines is 1. The van der Waals surface area contributed by atoms with Crippen molar-refractivity contribution in [3.63, 3.8) is 0 Å². The highest BCUT2D eigenvalue weighted by atomic mass is 15.0. The Morgan fingerprint density at radius 1 is 1.50 bits per heavy atom. The molecule has 2 heterocycles. The van der Waals surface area contributed by atoms with E-state index in [1.54, 1.807) is 0 Å².